The number of rotatable bonds is 5. The maximum Gasteiger partial charge on any atom is 0.221 e. The highest BCUT2D eigenvalue weighted by Crippen LogP contribution is 2.32. The molecule has 21 heavy (non-hydrogen) atoms. The molecule has 0 saturated carbocycles. The second-order valence-corrected chi connectivity index (χ2v) is 7.10. The van der Waals surface area contributed by atoms with Gasteiger partial charge < -0.3 is 15.4 Å². The van der Waals surface area contributed by atoms with Crippen LogP contribution in [0.2, 0.25) is 0 Å². The van der Waals surface area contributed by atoms with Gasteiger partial charge in [0.05, 0.1) is 22.6 Å². The van der Waals surface area contributed by atoms with Crippen LogP contribution in [-0.4, -0.2) is 13.0 Å². The van der Waals surface area contributed by atoms with Gasteiger partial charge in [0.2, 0.25) is 5.91 Å². The molecule has 0 aliphatic carbocycles. The van der Waals surface area contributed by atoms with Gasteiger partial charge in [-0.25, -0.2) is 0 Å². The molecule has 2 aromatic rings. The lowest BCUT2D eigenvalue weighted by molar-refractivity contribution is -0.114. The number of methoxy groups -OCH3 is 1. The van der Waals surface area contributed by atoms with Crippen LogP contribution in [0.4, 0.5) is 11.4 Å². The number of hydrogen-bond acceptors (Lipinski definition) is 4. The van der Waals surface area contributed by atoms with Crippen LogP contribution in [0.25, 0.3) is 0 Å². The van der Waals surface area contributed by atoms with Gasteiger partial charge in [-0.1, -0.05) is 0 Å². The highest BCUT2D eigenvalue weighted by atomic mass is 79.9. The first-order valence-electron chi connectivity index (χ1n) is 6.47. The monoisotopic (exact) mass is 368 g/mol. The van der Waals surface area contributed by atoms with Crippen molar-refractivity contribution in [1.29, 1.82) is 0 Å². The topological polar surface area (TPSA) is 50.4 Å². The Morgan fingerprint density at radius 1 is 1.33 bits per heavy atom. The smallest absolute Gasteiger partial charge is 0.221 e. The van der Waals surface area contributed by atoms with Gasteiger partial charge in [-0.2, -0.15) is 0 Å². The lowest BCUT2D eigenvalue weighted by Crippen LogP contribution is -2.08. The Labute approximate surface area is 136 Å². The summed E-state index contributed by atoms with van der Waals surface area (Å²) < 4.78 is 6.43. The van der Waals surface area contributed by atoms with Crippen LogP contribution < -0.4 is 15.4 Å². The number of ether oxygens (including phenoxy) is 1. The Morgan fingerprint density at radius 2 is 2.10 bits per heavy atom. The van der Waals surface area contributed by atoms with Gasteiger partial charge in [0.1, 0.15) is 5.75 Å². The van der Waals surface area contributed by atoms with Crippen molar-refractivity contribution in [2.24, 2.45) is 0 Å². The van der Waals surface area contributed by atoms with Crippen LogP contribution in [0.5, 0.6) is 5.75 Å². The van der Waals surface area contributed by atoms with Crippen LogP contribution in [-0.2, 0) is 4.79 Å². The third kappa shape index (κ3) is 4.22. The Balaban J connectivity index is 2.15. The van der Waals surface area contributed by atoms with E-state index < -0.39 is 0 Å². The zero-order valence-corrected chi connectivity index (χ0v) is 14.5. The second-order valence-electron chi connectivity index (χ2n) is 4.60. The maximum absolute atomic E-state index is 11.1. The van der Waals surface area contributed by atoms with Crippen molar-refractivity contribution in [3.05, 3.63) is 39.0 Å². The normalized spacial score (nSPS) is 11.8. The van der Waals surface area contributed by atoms with Crippen LogP contribution in [0, 0.1) is 0 Å². The number of hydrogen-bond donors (Lipinski definition) is 2. The van der Waals surface area contributed by atoms with Crippen LogP contribution in [0.1, 0.15) is 24.8 Å². The third-order valence-electron chi connectivity index (χ3n) is 2.92. The molecule has 0 bridgehead atoms. The van der Waals surface area contributed by atoms with Crippen molar-refractivity contribution in [1.82, 2.24) is 0 Å². The third-order valence-corrected chi connectivity index (χ3v) is 4.72. The summed E-state index contributed by atoms with van der Waals surface area (Å²) in [6.45, 7) is 3.58. The molecule has 0 spiro atoms. The van der Waals surface area contributed by atoms with Crippen molar-refractivity contribution in [3.8, 4) is 5.75 Å². The Hall–Kier alpha value is -1.53. The predicted molar refractivity (Wildman–Crippen MR) is 91.4 cm³/mol. The van der Waals surface area contributed by atoms with E-state index in [0.717, 1.165) is 9.47 Å². The summed E-state index contributed by atoms with van der Waals surface area (Å²) in [7, 11) is 1.59. The summed E-state index contributed by atoms with van der Waals surface area (Å²) in [6, 6.07) is 9.96. The molecule has 1 heterocycles. The van der Waals surface area contributed by atoms with E-state index in [9.17, 15) is 4.79 Å². The molecule has 1 amide bonds. The first-order valence-corrected chi connectivity index (χ1v) is 8.08. The number of carbonyl (C=O) groups is 1. The van der Waals surface area contributed by atoms with Crippen molar-refractivity contribution in [2.75, 3.05) is 17.7 Å². The molecule has 1 aromatic carbocycles. The summed E-state index contributed by atoms with van der Waals surface area (Å²) in [5, 5.41) is 6.17. The average Bonchev–Trinajstić information content (AvgIpc) is 2.86. The number of nitrogens with one attached hydrogen (secondary N) is 2. The van der Waals surface area contributed by atoms with Crippen molar-refractivity contribution < 1.29 is 9.53 Å². The number of amides is 1. The summed E-state index contributed by atoms with van der Waals surface area (Å²) in [4.78, 5) is 12.4. The second kappa shape index (κ2) is 6.95. The molecular formula is C15H17BrN2O2S. The van der Waals surface area contributed by atoms with Crippen LogP contribution >= 0.6 is 27.3 Å². The van der Waals surface area contributed by atoms with E-state index >= 15 is 0 Å². The molecule has 1 atom stereocenters. The van der Waals surface area contributed by atoms with Crippen molar-refractivity contribution in [2.45, 2.75) is 19.9 Å². The molecule has 0 aliphatic heterocycles. The molecule has 0 radical (unpaired) electrons. The van der Waals surface area contributed by atoms with E-state index in [1.165, 1.54) is 11.8 Å². The first-order chi connectivity index (χ1) is 9.99. The molecule has 112 valence electrons. The molecule has 2 rings (SSSR count). The maximum atomic E-state index is 11.1. The minimum atomic E-state index is -0.120. The standard InChI is InChI=1S/C15H17BrN2O2S/c1-9(14-6-7-15(16)21-14)17-11-4-5-12(18-10(2)19)13(8-11)20-3/h4-9,17H,1-3H3,(H,18,19). The summed E-state index contributed by atoms with van der Waals surface area (Å²) in [5.74, 6) is 0.514. The van der Waals surface area contributed by atoms with E-state index in [1.54, 1.807) is 18.4 Å². The molecule has 0 saturated heterocycles. The zero-order chi connectivity index (χ0) is 15.4. The zero-order valence-electron chi connectivity index (χ0n) is 12.1. The fraction of sp³-hybridized carbons (Fsp3) is 0.267. The van der Waals surface area contributed by atoms with Gasteiger partial charge in [0.25, 0.3) is 0 Å². The lowest BCUT2D eigenvalue weighted by Gasteiger charge is -2.16. The molecular weight excluding hydrogens is 352 g/mol. The molecule has 4 nitrogen and oxygen atoms in total. The molecule has 2 N–H and O–H groups in total. The Morgan fingerprint density at radius 3 is 2.67 bits per heavy atom. The van der Waals surface area contributed by atoms with Gasteiger partial charge in [-0.3, -0.25) is 4.79 Å². The minimum Gasteiger partial charge on any atom is -0.494 e. The number of halogens is 1. The van der Waals surface area contributed by atoms with Gasteiger partial charge >= 0.3 is 0 Å². The Kier molecular flexibility index (Phi) is 5.25. The van der Waals surface area contributed by atoms with Crippen LogP contribution in [0.3, 0.4) is 0 Å². The number of anilines is 2. The Bertz CT molecular complexity index is 642. The quantitative estimate of drug-likeness (QED) is 0.807. The number of thiophene rings is 1. The number of carbonyl (C=O) groups excluding carboxylic acids is 1. The van der Waals surface area contributed by atoms with Crippen molar-refractivity contribution in [3.63, 3.8) is 0 Å². The van der Waals surface area contributed by atoms with E-state index in [-0.39, 0.29) is 11.9 Å². The minimum absolute atomic E-state index is 0.120. The SMILES string of the molecule is COc1cc(NC(C)c2ccc(Br)s2)ccc1NC(C)=O. The first kappa shape index (κ1) is 15.9. The summed E-state index contributed by atoms with van der Waals surface area (Å²) >= 11 is 5.17. The highest BCUT2D eigenvalue weighted by molar-refractivity contribution is 9.11. The summed E-state index contributed by atoms with van der Waals surface area (Å²) in [5.41, 5.74) is 1.61. The van der Waals surface area contributed by atoms with Gasteiger partial charge in [0, 0.05) is 23.6 Å². The predicted octanol–water partition coefficient (Wildman–Crippen LogP) is 4.65. The lowest BCUT2D eigenvalue weighted by atomic mass is 10.2. The molecule has 0 aliphatic rings. The fourth-order valence-corrected chi connectivity index (χ4v) is 3.38. The van der Waals surface area contributed by atoms with E-state index in [2.05, 4.69) is 39.6 Å². The van der Waals surface area contributed by atoms with Crippen molar-refractivity contribution >= 4 is 44.5 Å². The molecule has 0 fully saturated rings. The van der Waals surface area contributed by atoms with Gasteiger partial charge in [-0.05, 0) is 47.1 Å². The highest BCUT2D eigenvalue weighted by Gasteiger charge is 2.10. The average molecular weight is 369 g/mol. The van der Waals surface area contributed by atoms with E-state index in [1.807, 2.05) is 24.3 Å². The van der Waals surface area contributed by atoms with Gasteiger partial charge in [-0.15, -0.1) is 11.3 Å². The van der Waals surface area contributed by atoms with E-state index in [4.69, 9.17) is 4.74 Å². The molecule has 6 heteroatoms. The summed E-state index contributed by atoms with van der Waals surface area (Å²) in [6.07, 6.45) is 0. The largest absolute Gasteiger partial charge is 0.494 e. The molecule has 1 unspecified atom stereocenters. The van der Waals surface area contributed by atoms with E-state index in [0.29, 0.717) is 11.4 Å². The van der Waals surface area contributed by atoms with Gasteiger partial charge in [0.15, 0.2) is 0 Å². The van der Waals surface area contributed by atoms with Crippen LogP contribution in [0.15, 0.2) is 34.1 Å². The molecule has 1 aromatic heterocycles. The number of benzene rings is 1. The fourth-order valence-electron chi connectivity index (χ4n) is 1.96.